The van der Waals surface area contributed by atoms with Gasteiger partial charge < -0.3 is 14.5 Å². The van der Waals surface area contributed by atoms with Gasteiger partial charge in [0.2, 0.25) is 5.91 Å². The maximum absolute atomic E-state index is 12.9. The van der Waals surface area contributed by atoms with Gasteiger partial charge in [-0.15, -0.1) is 0 Å². The molecule has 1 saturated heterocycles. The van der Waals surface area contributed by atoms with E-state index in [0.29, 0.717) is 5.92 Å². The molecule has 1 aliphatic rings. The van der Waals surface area contributed by atoms with Crippen molar-refractivity contribution in [3.63, 3.8) is 0 Å². The van der Waals surface area contributed by atoms with Crippen molar-refractivity contribution in [2.24, 2.45) is 5.92 Å². The zero-order valence-electron chi connectivity index (χ0n) is 14.1. The van der Waals surface area contributed by atoms with Crippen LogP contribution in [0.5, 0.6) is 0 Å². The fourth-order valence-corrected chi connectivity index (χ4v) is 3.16. The molecule has 23 heavy (non-hydrogen) atoms. The molecular weight excluding hydrogens is 295 g/mol. The number of hydrogen-bond acceptors (Lipinski definition) is 3. The highest BCUT2D eigenvalue weighted by atomic mass is 19.1. The van der Waals surface area contributed by atoms with E-state index >= 15 is 0 Å². The molecule has 1 heterocycles. The van der Waals surface area contributed by atoms with Gasteiger partial charge in [0.25, 0.3) is 0 Å². The SMILES string of the molecule is COCC(=O)N(C)CC1CCCN(CCc2ccc(F)cc2)C1. The highest BCUT2D eigenvalue weighted by molar-refractivity contribution is 5.77. The van der Waals surface area contributed by atoms with Crippen molar-refractivity contribution >= 4 is 5.91 Å². The highest BCUT2D eigenvalue weighted by Gasteiger charge is 2.22. The number of carbonyl (C=O) groups excluding carboxylic acids is 1. The number of carbonyl (C=O) groups is 1. The van der Waals surface area contributed by atoms with E-state index in [1.54, 1.807) is 12.0 Å². The molecule has 2 rings (SSSR count). The largest absolute Gasteiger partial charge is 0.375 e. The van der Waals surface area contributed by atoms with Crippen LogP contribution in [0.1, 0.15) is 18.4 Å². The van der Waals surface area contributed by atoms with Gasteiger partial charge in [-0.3, -0.25) is 4.79 Å². The fourth-order valence-electron chi connectivity index (χ4n) is 3.16. The second kappa shape index (κ2) is 8.99. The molecule has 0 radical (unpaired) electrons. The summed E-state index contributed by atoms with van der Waals surface area (Å²) in [5.41, 5.74) is 1.17. The minimum absolute atomic E-state index is 0.0379. The molecule has 0 saturated carbocycles. The quantitative estimate of drug-likeness (QED) is 0.771. The third-order valence-electron chi connectivity index (χ3n) is 4.46. The van der Waals surface area contributed by atoms with Gasteiger partial charge in [0.05, 0.1) is 0 Å². The van der Waals surface area contributed by atoms with Crippen LogP contribution < -0.4 is 0 Å². The summed E-state index contributed by atoms with van der Waals surface area (Å²) in [6, 6.07) is 6.75. The summed E-state index contributed by atoms with van der Waals surface area (Å²) in [6.07, 6.45) is 3.27. The maximum atomic E-state index is 12.9. The van der Waals surface area contributed by atoms with Crippen LogP contribution in [0.3, 0.4) is 0 Å². The summed E-state index contributed by atoms with van der Waals surface area (Å²) in [5.74, 6) is 0.370. The molecule has 4 nitrogen and oxygen atoms in total. The lowest BCUT2D eigenvalue weighted by atomic mass is 9.97. The van der Waals surface area contributed by atoms with E-state index in [0.717, 1.165) is 39.0 Å². The zero-order valence-corrected chi connectivity index (χ0v) is 14.1. The Bertz CT molecular complexity index is 492. The fraction of sp³-hybridized carbons (Fsp3) is 0.611. The number of benzene rings is 1. The summed E-state index contributed by atoms with van der Waals surface area (Å²) in [6.45, 7) is 4.05. The molecule has 1 amide bonds. The Kier molecular flexibility index (Phi) is 6.99. The first-order chi connectivity index (χ1) is 11.1. The Labute approximate surface area is 138 Å². The number of rotatable bonds is 7. The molecule has 0 spiro atoms. The van der Waals surface area contributed by atoms with Crippen LogP contribution in [0, 0.1) is 11.7 Å². The van der Waals surface area contributed by atoms with E-state index in [2.05, 4.69) is 4.90 Å². The Balaban J connectivity index is 1.76. The number of likely N-dealkylation sites (N-methyl/N-ethyl adjacent to an activating group) is 1. The van der Waals surface area contributed by atoms with Crippen molar-refractivity contribution in [2.75, 3.05) is 46.9 Å². The second-order valence-corrected chi connectivity index (χ2v) is 6.39. The number of likely N-dealkylation sites (tertiary alicyclic amines) is 1. The van der Waals surface area contributed by atoms with Crippen molar-refractivity contribution in [1.82, 2.24) is 9.80 Å². The molecule has 128 valence electrons. The van der Waals surface area contributed by atoms with E-state index in [9.17, 15) is 9.18 Å². The molecule has 0 aliphatic carbocycles. The van der Waals surface area contributed by atoms with Crippen molar-refractivity contribution in [3.05, 3.63) is 35.6 Å². The molecule has 1 aromatic rings. The van der Waals surface area contributed by atoms with E-state index in [1.807, 2.05) is 19.2 Å². The van der Waals surface area contributed by atoms with E-state index in [4.69, 9.17) is 4.74 Å². The van der Waals surface area contributed by atoms with E-state index in [1.165, 1.54) is 24.1 Å². The molecule has 1 atom stereocenters. The number of amides is 1. The van der Waals surface area contributed by atoms with Crippen molar-refractivity contribution in [3.8, 4) is 0 Å². The first kappa shape index (κ1) is 17.9. The Morgan fingerprint density at radius 1 is 1.39 bits per heavy atom. The maximum Gasteiger partial charge on any atom is 0.248 e. The standard InChI is InChI=1S/C18H27FN2O2/c1-20(18(22)14-23-2)12-16-4-3-10-21(13-16)11-9-15-5-7-17(19)8-6-15/h5-8,16H,3-4,9-14H2,1-2H3. The summed E-state index contributed by atoms with van der Waals surface area (Å²) >= 11 is 0. The molecule has 5 heteroatoms. The lowest BCUT2D eigenvalue weighted by molar-refractivity contribution is -0.134. The number of nitrogens with zero attached hydrogens (tertiary/aromatic N) is 2. The average Bonchev–Trinajstić information content (AvgIpc) is 2.55. The lowest BCUT2D eigenvalue weighted by Gasteiger charge is -2.34. The number of ether oxygens (including phenoxy) is 1. The van der Waals surface area contributed by atoms with E-state index in [-0.39, 0.29) is 18.3 Å². The van der Waals surface area contributed by atoms with Gasteiger partial charge in [-0.1, -0.05) is 12.1 Å². The number of hydrogen-bond donors (Lipinski definition) is 0. The molecule has 1 aromatic carbocycles. The molecule has 0 bridgehead atoms. The van der Waals surface area contributed by atoms with Crippen LogP contribution in [-0.2, 0) is 16.0 Å². The smallest absolute Gasteiger partial charge is 0.248 e. The molecule has 0 aromatic heterocycles. The minimum Gasteiger partial charge on any atom is -0.375 e. The summed E-state index contributed by atoms with van der Waals surface area (Å²) in [4.78, 5) is 16.0. The number of piperidine rings is 1. The first-order valence-corrected chi connectivity index (χ1v) is 8.28. The van der Waals surface area contributed by atoms with Crippen molar-refractivity contribution in [2.45, 2.75) is 19.3 Å². The summed E-state index contributed by atoms with van der Waals surface area (Å²) in [7, 11) is 3.39. The minimum atomic E-state index is -0.185. The average molecular weight is 322 g/mol. The Hall–Kier alpha value is -1.46. The lowest BCUT2D eigenvalue weighted by Crippen LogP contribution is -2.42. The van der Waals surface area contributed by atoms with Crippen LogP contribution in [0.2, 0.25) is 0 Å². The van der Waals surface area contributed by atoms with Gasteiger partial charge in [-0.25, -0.2) is 4.39 Å². The van der Waals surface area contributed by atoms with Gasteiger partial charge >= 0.3 is 0 Å². The molecule has 1 aliphatic heterocycles. The normalized spacial score (nSPS) is 18.8. The molecule has 1 unspecified atom stereocenters. The van der Waals surface area contributed by atoms with Crippen molar-refractivity contribution in [1.29, 1.82) is 0 Å². The van der Waals surface area contributed by atoms with Gasteiger partial charge in [-0.2, -0.15) is 0 Å². The van der Waals surface area contributed by atoms with E-state index < -0.39 is 0 Å². The zero-order chi connectivity index (χ0) is 16.7. The Morgan fingerprint density at radius 3 is 2.83 bits per heavy atom. The number of methoxy groups -OCH3 is 1. The van der Waals surface area contributed by atoms with Crippen LogP contribution >= 0.6 is 0 Å². The monoisotopic (exact) mass is 322 g/mol. The van der Waals surface area contributed by atoms with Crippen LogP contribution in [0.15, 0.2) is 24.3 Å². The molecule has 1 fully saturated rings. The van der Waals surface area contributed by atoms with Crippen LogP contribution in [0.4, 0.5) is 4.39 Å². The number of halogens is 1. The highest BCUT2D eigenvalue weighted by Crippen LogP contribution is 2.18. The van der Waals surface area contributed by atoms with Crippen molar-refractivity contribution < 1.29 is 13.9 Å². The Morgan fingerprint density at radius 2 is 2.13 bits per heavy atom. The van der Waals surface area contributed by atoms with Gasteiger partial charge in [0.1, 0.15) is 12.4 Å². The second-order valence-electron chi connectivity index (χ2n) is 6.39. The van der Waals surface area contributed by atoms with Gasteiger partial charge in [0, 0.05) is 33.8 Å². The third kappa shape index (κ3) is 5.92. The third-order valence-corrected chi connectivity index (χ3v) is 4.46. The van der Waals surface area contributed by atoms with Crippen LogP contribution in [0.25, 0.3) is 0 Å². The molecular formula is C18H27FN2O2. The topological polar surface area (TPSA) is 32.8 Å². The van der Waals surface area contributed by atoms with Crippen LogP contribution in [-0.4, -0.2) is 62.7 Å². The predicted octanol–water partition coefficient (Wildman–Crippen LogP) is 2.19. The predicted molar refractivity (Wildman–Crippen MR) is 88.8 cm³/mol. The summed E-state index contributed by atoms with van der Waals surface area (Å²) in [5, 5.41) is 0. The van der Waals surface area contributed by atoms with Gasteiger partial charge in [-0.05, 0) is 49.4 Å². The first-order valence-electron chi connectivity index (χ1n) is 8.28. The summed E-state index contributed by atoms with van der Waals surface area (Å²) < 4.78 is 17.8. The van der Waals surface area contributed by atoms with Gasteiger partial charge in [0.15, 0.2) is 0 Å². The molecule has 0 N–H and O–H groups in total.